The zero-order chi connectivity index (χ0) is 31.0. The molecule has 2 amide bonds. The van der Waals surface area contributed by atoms with Gasteiger partial charge in [-0.3, -0.25) is 13.9 Å². The maximum absolute atomic E-state index is 14.1. The van der Waals surface area contributed by atoms with Crippen LogP contribution in [0, 0.1) is 5.82 Å². The Morgan fingerprint density at radius 1 is 0.953 bits per heavy atom. The summed E-state index contributed by atoms with van der Waals surface area (Å²) < 4.78 is 53.2. The summed E-state index contributed by atoms with van der Waals surface area (Å²) >= 11 is 0. The van der Waals surface area contributed by atoms with E-state index in [-0.39, 0.29) is 29.1 Å². The first-order valence-electron chi connectivity index (χ1n) is 14.4. The van der Waals surface area contributed by atoms with Crippen LogP contribution in [0.3, 0.4) is 0 Å². The first-order valence-corrected chi connectivity index (χ1v) is 15.8. The van der Waals surface area contributed by atoms with Gasteiger partial charge in [-0.1, -0.05) is 25.0 Å². The normalized spacial score (nSPS) is 14.1. The van der Waals surface area contributed by atoms with E-state index in [1.54, 1.807) is 62.6 Å². The molecule has 1 aliphatic rings. The lowest BCUT2D eigenvalue weighted by atomic mass is 10.1. The highest BCUT2D eigenvalue weighted by Gasteiger charge is 2.33. The highest BCUT2D eigenvalue weighted by molar-refractivity contribution is 7.92. The van der Waals surface area contributed by atoms with E-state index in [4.69, 9.17) is 9.47 Å². The summed E-state index contributed by atoms with van der Waals surface area (Å²) in [6.07, 6.45) is 3.83. The lowest BCUT2D eigenvalue weighted by molar-refractivity contribution is -0.139. The number of rotatable bonds is 13. The highest BCUT2D eigenvalue weighted by atomic mass is 32.2. The molecule has 9 nitrogen and oxygen atoms in total. The molecule has 1 aliphatic carbocycles. The number of halogens is 1. The smallest absolute Gasteiger partial charge is 0.264 e. The number of amides is 2. The Bertz CT molecular complexity index is 1470. The molecule has 0 aromatic heterocycles. The van der Waals surface area contributed by atoms with E-state index in [9.17, 15) is 22.4 Å². The first kappa shape index (κ1) is 31.8. The minimum Gasteiger partial charge on any atom is -0.497 e. The van der Waals surface area contributed by atoms with Crippen molar-refractivity contribution in [3.8, 4) is 11.5 Å². The zero-order valence-corrected chi connectivity index (χ0v) is 25.5. The van der Waals surface area contributed by atoms with Crippen LogP contribution in [0.25, 0.3) is 0 Å². The van der Waals surface area contributed by atoms with E-state index in [1.165, 1.54) is 4.90 Å². The number of carbonyl (C=O) groups is 2. The fraction of sp³-hybridized carbons (Fsp3) is 0.375. The van der Waals surface area contributed by atoms with Crippen molar-refractivity contribution in [3.63, 3.8) is 0 Å². The third kappa shape index (κ3) is 8.04. The van der Waals surface area contributed by atoms with E-state index < -0.39 is 34.3 Å². The van der Waals surface area contributed by atoms with Gasteiger partial charge in [-0.25, -0.2) is 12.8 Å². The molecule has 1 N–H and O–H groups in total. The number of nitrogens with zero attached hydrogens (tertiary/aromatic N) is 2. The van der Waals surface area contributed by atoms with Crippen LogP contribution in [-0.4, -0.2) is 57.5 Å². The average molecular weight is 612 g/mol. The first-order chi connectivity index (χ1) is 20.6. The maximum Gasteiger partial charge on any atom is 0.264 e. The van der Waals surface area contributed by atoms with Gasteiger partial charge < -0.3 is 19.7 Å². The SMILES string of the molecule is CCOc1ccc(N(CC(=O)N(Cc2ccc(OC)cc2)C(C)C(=O)NC2CCCC2)S(=O)(=O)c2ccc(F)cc2)cc1. The van der Waals surface area contributed by atoms with Gasteiger partial charge in [-0.05, 0) is 92.9 Å². The van der Waals surface area contributed by atoms with E-state index in [0.29, 0.717) is 18.1 Å². The summed E-state index contributed by atoms with van der Waals surface area (Å²) in [4.78, 5) is 28.6. The van der Waals surface area contributed by atoms with Gasteiger partial charge in [-0.15, -0.1) is 0 Å². The van der Waals surface area contributed by atoms with E-state index in [0.717, 1.165) is 59.8 Å². The molecule has 1 unspecified atom stereocenters. The van der Waals surface area contributed by atoms with Gasteiger partial charge in [0.1, 0.15) is 29.9 Å². The second-order valence-corrected chi connectivity index (χ2v) is 12.3. The largest absolute Gasteiger partial charge is 0.497 e. The maximum atomic E-state index is 14.1. The summed E-state index contributed by atoms with van der Waals surface area (Å²) in [6.45, 7) is 3.37. The Balaban J connectivity index is 1.68. The van der Waals surface area contributed by atoms with E-state index in [2.05, 4.69) is 5.32 Å². The predicted molar refractivity (Wildman–Crippen MR) is 162 cm³/mol. The molecular weight excluding hydrogens is 573 g/mol. The van der Waals surface area contributed by atoms with Crippen LogP contribution in [0.5, 0.6) is 11.5 Å². The lowest BCUT2D eigenvalue weighted by Gasteiger charge is -2.32. The molecule has 11 heteroatoms. The van der Waals surface area contributed by atoms with Crippen molar-refractivity contribution in [1.29, 1.82) is 0 Å². The Kier molecular flexibility index (Phi) is 10.6. The second-order valence-electron chi connectivity index (χ2n) is 10.4. The fourth-order valence-electron chi connectivity index (χ4n) is 5.04. The quantitative estimate of drug-likeness (QED) is 0.295. The third-order valence-electron chi connectivity index (χ3n) is 7.50. The average Bonchev–Trinajstić information content (AvgIpc) is 3.52. The van der Waals surface area contributed by atoms with E-state index >= 15 is 0 Å². The molecule has 3 aromatic rings. The van der Waals surface area contributed by atoms with Crippen LogP contribution in [-0.2, 0) is 26.2 Å². The van der Waals surface area contributed by atoms with Gasteiger partial charge in [0, 0.05) is 12.6 Å². The Labute approximate surface area is 252 Å². The molecule has 230 valence electrons. The molecule has 0 aliphatic heterocycles. The monoisotopic (exact) mass is 611 g/mol. The van der Waals surface area contributed by atoms with Crippen molar-refractivity contribution in [2.75, 3.05) is 24.6 Å². The molecule has 43 heavy (non-hydrogen) atoms. The molecule has 1 atom stereocenters. The highest BCUT2D eigenvalue weighted by Crippen LogP contribution is 2.27. The molecule has 1 saturated carbocycles. The Morgan fingerprint density at radius 3 is 2.14 bits per heavy atom. The number of carbonyl (C=O) groups excluding carboxylic acids is 2. The zero-order valence-electron chi connectivity index (χ0n) is 24.7. The van der Waals surface area contributed by atoms with Crippen LogP contribution >= 0.6 is 0 Å². The molecule has 0 radical (unpaired) electrons. The second kappa shape index (κ2) is 14.4. The summed E-state index contributed by atoms with van der Waals surface area (Å²) in [5, 5.41) is 3.05. The summed E-state index contributed by atoms with van der Waals surface area (Å²) in [5.74, 6) is -0.293. The number of nitrogens with one attached hydrogen (secondary N) is 1. The van der Waals surface area contributed by atoms with Gasteiger partial charge in [-0.2, -0.15) is 0 Å². The summed E-state index contributed by atoms with van der Waals surface area (Å²) in [7, 11) is -2.76. The topological polar surface area (TPSA) is 105 Å². The van der Waals surface area contributed by atoms with Gasteiger partial charge in [0.05, 0.1) is 24.3 Å². The molecule has 0 bridgehead atoms. The number of benzene rings is 3. The molecule has 0 heterocycles. The molecule has 3 aromatic carbocycles. The van der Waals surface area contributed by atoms with Crippen LogP contribution in [0.1, 0.15) is 45.1 Å². The molecule has 0 saturated heterocycles. The minimum absolute atomic E-state index is 0.0482. The van der Waals surface area contributed by atoms with Crippen molar-refractivity contribution >= 4 is 27.5 Å². The van der Waals surface area contributed by atoms with Crippen molar-refractivity contribution in [3.05, 3.63) is 84.2 Å². The van der Waals surface area contributed by atoms with Crippen LogP contribution in [0.4, 0.5) is 10.1 Å². The fourth-order valence-corrected chi connectivity index (χ4v) is 6.45. The van der Waals surface area contributed by atoms with Crippen molar-refractivity contribution in [2.24, 2.45) is 0 Å². The molecule has 0 spiro atoms. The number of hydrogen-bond donors (Lipinski definition) is 1. The van der Waals surface area contributed by atoms with Crippen LogP contribution in [0.15, 0.2) is 77.7 Å². The predicted octanol–water partition coefficient (Wildman–Crippen LogP) is 4.90. The van der Waals surface area contributed by atoms with Crippen molar-refractivity contribution in [2.45, 2.75) is 63.1 Å². The van der Waals surface area contributed by atoms with Crippen molar-refractivity contribution < 1.29 is 31.9 Å². The third-order valence-corrected chi connectivity index (χ3v) is 9.29. The summed E-state index contributed by atoms with van der Waals surface area (Å²) in [5.41, 5.74) is 0.956. The van der Waals surface area contributed by atoms with Crippen LogP contribution in [0.2, 0.25) is 0 Å². The van der Waals surface area contributed by atoms with Crippen molar-refractivity contribution in [1.82, 2.24) is 10.2 Å². The van der Waals surface area contributed by atoms with Crippen LogP contribution < -0.4 is 19.1 Å². The van der Waals surface area contributed by atoms with Gasteiger partial charge >= 0.3 is 0 Å². The Morgan fingerprint density at radius 2 is 1.56 bits per heavy atom. The van der Waals surface area contributed by atoms with Gasteiger partial charge in [0.25, 0.3) is 10.0 Å². The number of anilines is 1. The standard InChI is InChI=1S/C32H38FN3O6S/c1-4-42-29-17-13-27(14-18-29)36(43(39,40)30-19-11-25(33)12-20-30)22-31(37)35(21-24-9-15-28(41-3)16-10-24)23(2)32(38)34-26-7-5-6-8-26/h9-20,23,26H,4-8,21-22H2,1-3H3,(H,34,38). The lowest BCUT2D eigenvalue weighted by Crippen LogP contribution is -2.52. The molecule has 1 fully saturated rings. The molecular formula is C32H38FN3O6S. The Hall–Kier alpha value is -4.12. The molecule has 4 rings (SSSR count). The number of sulfonamides is 1. The number of methoxy groups -OCH3 is 1. The van der Waals surface area contributed by atoms with E-state index in [1.807, 2.05) is 6.92 Å². The number of ether oxygens (including phenoxy) is 2. The van der Waals surface area contributed by atoms with Gasteiger partial charge in [0.2, 0.25) is 11.8 Å². The van der Waals surface area contributed by atoms with Gasteiger partial charge in [0.15, 0.2) is 0 Å². The minimum atomic E-state index is -4.31. The number of hydrogen-bond acceptors (Lipinski definition) is 6. The summed E-state index contributed by atoms with van der Waals surface area (Å²) in [6, 6.07) is 17.0.